The molecule has 4 rings (SSSR count). The molecule has 154 valence electrons. The number of anilines is 1. The van der Waals surface area contributed by atoms with Gasteiger partial charge in [-0.05, 0) is 51.4 Å². The highest BCUT2D eigenvalue weighted by Crippen LogP contribution is 2.31. The van der Waals surface area contributed by atoms with Crippen LogP contribution in [0.2, 0.25) is 0 Å². The number of nitrogens with zero attached hydrogens (tertiary/aromatic N) is 5. The van der Waals surface area contributed by atoms with Gasteiger partial charge in [-0.1, -0.05) is 30.3 Å². The van der Waals surface area contributed by atoms with E-state index in [1.165, 1.54) is 37.3 Å². The molecule has 0 aliphatic carbocycles. The van der Waals surface area contributed by atoms with Gasteiger partial charge in [0.15, 0.2) is 0 Å². The first-order valence-corrected chi connectivity index (χ1v) is 11.3. The lowest BCUT2D eigenvalue weighted by Gasteiger charge is -2.15. The molecule has 1 saturated heterocycles. The fourth-order valence-electron chi connectivity index (χ4n) is 3.74. The van der Waals surface area contributed by atoms with Crippen LogP contribution in [0.3, 0.4) is 0 Å². The summed E-state index contributed by atoms with van der Waals surface area (Å²) in [7, 11) is 0. The summed E-state index contributed by atoms with van der Waals surface area (Å²) < 4.78 is 0. The molecule has 1 N–H and O–H groups in total. The molecule has 1 unspecified atom stereocenters. The van der Waals surface area contributed by atoms with Crippen molar-refractivity contribution in [2.75, 3.05) is 31.5 Å². The monoisotopic (exact) mass is 418 g/mol. The van der Waals surface area contributed by atoms with E-state index in [9.17, 15) is 5.26 Å². The van der Waals surface area contributed by atoms with E-state index >= 15 is 0 Å². The average molecular weight is 419 g/mol. The molecule has 1 atom stereocenters. The molecule has 0 saturated carbocycles. The first kappa shape index (κ1) is 20.5. The normalized spacial score (nSPS) is 15.1. The molecule has 6 nitrogen and oxygen atoms in total. The second-order valence-electron chi connectivity index (χ2n) is 7.59. The maximum atomic E-state index is 9.89. The van der Waals surface area contributed by atoms with Crippen molar-refractivity contribution in [1.29, 1.82) is 5.26 Å². The van der Waals surface area contributed by atoms with Crippen LogP contribution in [0.4, 0.5) is 5.95 Å². The molecule has 1 aromatic carbocycles. The van der Waals surface area contributed by atoms with E-state index in [0.29, 0.717) is 5.95 Å². The quantitative estimate of drug-likeness (QED) is 0.544. The Morgan fingerprint density at radius 3 is 2.77 bits per heavy atom. The Labute approximate surface area is 181 Å². The Bertz CT molecular complexity index is 1000. The van der Waals surface area contributed by atoms with E-state index in [1.54, 1.807) is 6.20 Å². The third-order valence-electron chi connectivity index (χ3n) is 5.38. The van der Waals surface area contributed by atoms with Crippen molar-refractivity contribution < 1.29 is 0 Å². The molecule has 1 aliphatic heterocycles. The summed E-state index contributed by atoms with van der Waals surface area (Å²) in [4.78, 5) is 16.3. The average Bonchev–Trinajstić information content (AvgIpc) is 3.47. The molecule has 7 heteroatoms. The second-order valence-corrected chi connectivity index (χ2v) is 8.48. The van der Waals surface area contributed by atoms with E-state index in [4.69, 9.17) is 4.98 Å². The van der Waals surface area contributed by atoms with Crippen LogP contribution in [0, 0.1) is 18.3 Å². The summed E-state index contributed by atoms with van der Waals surface area (Å²) in [6.07, 6.45) is 5.48. The molecule has 3 heterocycles. The zero-order valence-corrected chi connectivity index (χ0v) is 18.0. The summed E-state index contributed by atoms with van der Waals surface area (Å²) in [6, 6.07) is 12.4. The fraction of sp³-hybridized carbons (Fsp3) is 0.391. The molecule has 0 amide bonds. The van der Waals surface area contributed by atoms with Crippen molar-refractivity contribution in [2.24, 2.45) is 0 Å². The molecule has 3 aromatic rings. The number of hydrogen-bond acceptors (Lipinski definition) is 7. The highest BCUT2D eigenvalue weighted by Gasteiger charge is 2.22. The van der Waals surface area contributed by atoms with Crippen LogP contribution in [0.25, 0.3) is 11.3 Å². The molecule has 0 spiro atoms. The van der Waals surface area contributed by atoms with E-state index in [2.05, 4.69) is 26.3 Å². The van der Waals surface area contributed by atoms with E-state index in [-0.39, 0.29) is 0 Å². The smallest absolute Gasteiger partial charge is 0.222 e. The highest BCUT2D eigenvalue weighted by molar-refractivity contribution is 7.10. The van der Waals surface area contributed by atoms with Gasteiger partial charge in [0.05, 0.1) is 17.5 Å². The maximum Gasteiger partial charge on any atom is 0.222 e. The van der Waals surface area contributed by atoms with Crippen molar-refractivity contribution in [3.8, 4) is 17.3 Å². The third-order valence-corrected chi connectivity index (χ3v) is 6.29. The van der Waals surface area contributed by atoms with Crippen LogP contribution in [0.5, 0.6) is 0 Å². The number of benzene rings is 1. The summed E-state index contributed by atoms with van der Waals surface area (Å²) in [6.45, 7) is 6.31. The van der Waals surface area contributed by atoms with Gasteiger partial charge in [-0.3, -0.25) is 0 Å². The van der Waals surface area contributed by atoms with Gasteiger partial charge in [-0.2, -0.15) is 5.26 Å². The van der Waals surface area contributed by atoms with E-state index in [1.807, 2.05) is 42.6 Å². The zero-order valence-electron chi connectivity index (χ0n) is 17.2. The Morgan fingerprint density at radius 1 is 1.20 bits per heavy atom. The zero-order chi connectivity index (χ0) is 20.8. The van der Waals surface area contributed by atoms with Crippen LogP contribution in [-0.2, 0) is 0 Å². The minimum Gasteiger partial charge on any atom is -0.354 e. The van der Waals surface area contributed by atoms with E-state index in [0.717, 1.165) is 47.0 Å². The first-order valence-electron chi connectivity index (χ1n) is 10.4. The van der Waals surface area contributed by atoms with Crippen molar-refractivity contribution in [3.63, 3.8) is 0 Å². The van der Waals surface area contributed by atoms with Gasteiger partial charge in [-0.15, -0.1) is 11.3 Å². The minimum atomic E-state index is -0.499. The van der Waals surface area contributed by atoms with Crippen LogP contribution in [-0.4, -0.2) is 46.0 Å². The number of rotatable bonds is 8. The molecule has 30 heavy (non-hydrogen) atoms. The summed E-state index contributed by atoms with van der Waals surface area (Å²) in [5.41, 5.74) is 3.57. The summed E-state index contributed by atoms with van der Waals surface area (Å²) in [5, 5.41) is 16.0. The van der Waals surface area contributed by atoms with Gasteiger partial charge in [0.1, 0.15) is 10.9 Å². The van der Waals surface area contributed by atoms with Gasteiger partial charge in [0.2, 0.25) is 5.95 Å². The van der Waals surface area contributed by atoms with Crippen LogP contribution >= 0.6 is 11.3 Å². The van der Waals surface area contributed by atoms with Gasteiger partial charge >= 0.3 is 0 Å². The lowest BCUT2D eigenvalue weighted by atomic mass is 10.0. The van der Waals surface area contributed by atoms with Crippen molar-refractivity contribution >= 4 is 17.3 Å². The highest BCUT2D eigenvalue weighted by atomic mass is 32.1. The van der Waals surface area contributed by atoms with Gasteiger partial charge in [0.25, 0.3) is 0 Å². The Morgan fingerprint density at radius 2 is 2.00 bits per heavy atom. The predicted molar refractivity (Wildman–Crippen MR) is 121 cm³/mol. The fourth-order valence-corrected chi connectivity index (χ4v) is 4.61. The molecule has 0 bridgehead atoms. The number of hydrogen-bond donors (Lipinski definition) is 1. The van der Waals surface area contributed by atoms with Crippen molar-refractivity contribution in [1.82, 2.24) is 19.9 Å². The number of aromatic nitrogens is 3. The van der Waals surface area contributed by atoms with E-state index < -0.39 is 5.92 Å². The lowest BCUT2D eigenvalue weighted by molar-refractivity contribution is 0.337. The lowest BCUT2D eigenvalue weighted by Crippen LogP contribution is -2.22. The van der Waals surface area contributed by atoms with Crippen LogP contribution in [0.15, 0.2) is 41.9 Å². The van der Waals surface area contributed by atoms with Crippen LogP contribution in [0.1, 0.15) is 41.4 Å². The van der Waals surface area contributed by atoms with Crippen molar-refractivity contribution in [3.05, 3.63) is 58.2 Å². The van der Waals surface area contributed by atoms with Gasteiger partial charge < -0.3 is 10.2 Å². The maximum absolute atomic E-state index is 9.89. The number of nitriles is 1. The summed E-state index contributed by atoms with van der Waals surface area (Å²) in [5.74, 6) is 0.0812. The van der Waals surface area contributed by atoms with Gasteiger partial charge in [-0.25, -0.2) is 15.0 Å². The topological polar surface area (TPSA) is 77.7 Å². The second kappa shape index (κ2) is 9.79. The molecular weight excluding hydrogens is 392 g/mol. The molecule has 2 aromatic heterocycles. The van der Waals surface area contributed by atoms with Crippen LogP contribution < -0.4 is 5.32 Å². The number of thiazole rings is 1. The first-order chi connectivity index (χ1) is 14.7. The minimum absolute atomic E-state index is 0.499. The Hall–Kier alpha value is -2.82. The number of aryl methyl sites for hydroxylation is 1. The standard InChI is InChI=1S/C23H26N6S/c1-17-15-26-23(25-10-7-13-29-11-5-6-12-29)28-21(17)19(14-24)22-27-20(16-30-22)18-8-3-2-4-9-18/h2-4,8-9,15-16,19H,5-7,10-13H2,1H3,(H,25,26,28). The Balaban J connectivity index is 1.45. The SMILES string of the molecule is Cc1cnc(NCCCN2CCCC2)nc1C(C#N)c1nc(-c2ccccc2)cs1. The number of nitrogens with one attached hydrogen (secondary N) is 1. The number of likely N-dealkylation sites (tertiary alicyclic amines) is 1. The molecular formula is C23H26N6S. The largest absolute Gasteiger partial charge is 0.354 e. The summed E-state index contributed by atoms with van der Waals surface area (Å²) >= 11 is 1.50. The molecule has 0 radical (unpaired) electrons. The van der Waals surface area contributed by atoms with Crippen molar-refractivity contribution in [2.45, 2.75) is 32.1 Å². The van der Waals surface area contributed by atoms with Gasteiger partial charge in [0, 0.05) is 23.7 Å². The Kier molecular flexibility index (Phi) is 6.67. The predicted octanol–water partition coefficient (Wildman–Crippen LogP) is 4.46. The third kappa shape index (κ3) is 4.84. The molecule has 1 aliphatic rings. The molecule has 1 fully saturated rings.